The summed E-state index contributed by atoms with van der Waals surface area (Å²) in [7, 11) is 3.23. The van der Waals surface area contributed by atoms with Crippen LogP contribution in [0.25, 0.3) is 0 Å². The summed E-state index contributed by atoms with van der Waals surface area (Å²) in [6, 6.07) is 5.11. The highest BCUT2D eigenvalue weighted by Crippen LogP contribution is 2.28. The molecule has 1 aromatic carbocycles. The number of amides is 1. The normalized spacial score (nSPS) is 22.6. The first-order valence-corrected chi connectivity index (χ1v) is 6.77. The van der Waals surface area contributed by atoms with Gasteiger partial charge in [-0.25, -0.2) is 0 Å². The Hall–Kier alpha value is -1.75. The van der Waals surface area contributed by atoms with Crippen LogP contribution in [0, 0.1) is 0 Å². The first-order chi connectivity index (χ1) is 9.49. The lowest BCUT2D eigenvalue weighted by Gasteiger charge is -2.39. The third-order valence-electron chi connectivity index (χ3n) is 3.89. The van der Waals surface area contributed by atoms with Gasteiger partial charge in [-0.15, -0.1) is 0 Å². The van der Waals surface area contributed by atoms with E-state index >= 15 is 0 Å². The van der Waals surface area contributed by atoms with E-state index in [0.29, 0.717) is 23.5 Å². The number of piperidine rings is 1. The summed E-state index contributed by atoms with van der Waals surface area (Å²) < 4.78 is 10.8. The van der Waals surface area contributed by atoms with Crippen LogP contribution in [0.2, 0.25) is 0 Å². The second-order valence-corrected chi connectivity index (χ2v) is 5.44. The van der Waals surface area contributed by atoms with Crippen molar-refractivity contribution in [2.75, 3.05) is 33.0 Å². The number of carbonyl (C=O) groups excluding carboxylic acids is 1. The molecule has 0 radical (unpaired) electrons. The highest BCUT2D eigenvalue weighted by molar-refractivity contribution is 5.97. The van der Waals surface area contributed by atoms with Crippen molar-refractivity contribution >= 4 is 11.6 Å². The van der Waals surface area contributed by atoms with Crippen molar-refractivity contribution in [3.8, 4) is 5.75 Å². The van der Waals surface area contributed by atoms with Crippen LogP contribution in [0.5, 0.6) is 5.75 Å². The molecular formula is C15H22N2O3. The van der Waals surface area contributed by atoms with Crippen molar-refractivity contribution in [2.45, 2.75) is 25.4 Å². The molecule has 0 saturated carbocycles. The third kappa shape index (κ3) is 2.88. The van der Waals surface area contributed by atoms with E-state index in [1.807, 2.05) is 11.8 Å². The fourth-order valence-corrected chi connectivity index (χ4v) is 2.60. The summed E-state index contributed by atoms with van der Waals surface area (Å²) in [5.74, 6) is 0.476. The molecule has 1 aromatic rings. The molecule has 0 spiro atoms. The molecule has 2 rings (SSSR count). The average Bonchev–Trinajstić information content (AvgIpc) is 2.46. The van der Waals surface area contributed by atoms with Crippen LogP contribution in [0.3, 0.4) is 0 Å². The van der Waals surface area contributed by atoms with Crippen LogP contribution >= 0.6 is 0 Å². The predicted octanol–water partition coefficient (Wildman–Crippen LogP) is 1.92. The van der Waals surface area contributed by atoms with Gasteiger partial charge in [0.05, 0.1) is 18.3 Å². The van der Waals surface area contributed by atoms with E-state index in [9.17, 15) is 4.79 Å². The molecule has 20 heavy (non-hydrogen) atoms. The van der Waals surface area contributed by atoms with E-state index in [1.54, 1.807) is 32.4 Å². The number of carbonyl (C=O) groups is 1. The second kappa shape index (κ2) is 5.71. The second-order valence-electron chi connectivity index (χ2n) is 5.44. The Kier molecular flexibility index (Phi) is 4.18. The van der Waals surface area contributed by atoms with Gasteiger partial charge in [0.25, 0.3) is 5.91 Å². The summed E-state index contributed by atoms with van der Waals surface area (Å²) in [6.07, 6.45) is 1.90. The molecule has 0 bridgehead atoms. The van der Waals surface area contributed by atoms with Gasteiger partial charge in [0.15, 0.2) is 0 Å². The van der Waals surface area contributed by atoms with Gasteiger partial charge in [0.2, 0.25) is 0 Å². The van der Waals surface area contributed by atoms with Crippen LogP contribution in [-0.4, -0.2) is 43.7 Å². The molecule has 1 aliphatic rings. The molecule has 1 atom stereocenters. The molecule has 5 nitrogen and oxygen atoms in total. The SMILES string of the molecule is COc1cc(N)ccc1C(=O)N1CCCC(C)(OC)C1. The molecule has 1 aliphatic heterocycles. The first kappa shape index (κ1) is 14.7. The maximum Gasteiger partial charge on any atom is 0.257 e. The Labute approximate surface area is 119 Å². The fraction of sp³-hybridized carbons (Fsp3) is 0.533. The Morgan fingerprint density at radius 2 is 2.15 bits per heavy atom. The molecule has 1 saturated heterocycles. The van der Waals surface area contributed by atoms with E-state index in [4.69, 9.17) is 15.2 Å². The van der Waals surface area contributed by atoms with Crippen LogP contribution in [-0.2, 0) is 4.74 Å². The minimum absolute atomic E-state index is 0.0372. The van der Waals surface area contributed by atoms with Crippen LogP contribution in [0.4, 0.5) is 5.69 Å². The van der Waals surface area contributed by atoms with Gasteiger partial charge in [-0.1, -0.05) is 0 Å². The molecule has 1 heterocycles. The van der Waals surface area contributed by atoms with Crippen molar-refractivity contribution < 1.29 is 14.3 Å². The van der Waals surface area contributed by atoms with Gasteiger partial charge in [0.1, 0.15) is 5.75 Å². The number of anilines is 1. The highest BCUT2D eigenvalue weighted by Gasteiger charge is 2.34. The van der Waals surface area contributed by atoms with Gasteiger partial charge in [-0.2, -0.15) is 0 Å². The van der Waals surface area contributed by atoms with E-state index in [1.165, 1.54) is 0 Å². The molecular weight excluding hydrogens is 256 g/mol. The lowest BCUT2D eigenvalue weighted by Crippen LogP contribution is -2.49. The molecule has 1 fully saturated rings. The largest absolute Gasteiger partial charge is 0.496 e. The Morgan fingerprint density at radius 1 is 1.40 bits per heavy atom. The zero-order valence-electron chi connectivity index (χ0n) is 12.3. The van der Waals surface area contributed by atoms with Crippen molar-refractivity contribution in [2.24, 2.45) is 0 Å². The highest BCUT2D eigenvalue weighted by atomic mass is 16.5. The zero-order valence-corrected chi connectivity index (χ0v) is 12.3. The number of benzene rings is 1. The molecule has 2 N–H and O–H groups in total. The zero-order chi connectivity index (χ0) is 14.8. The van der Waals surface area contributed by atoms with Gasteiger partial charge in [-0.05, 0) is 31.9 Å². The predicted molar refractivity (Wildman–Crippen MR) is 78.0 cm³/mol. The van der Waals surface area contributed by atoms with Crippen molar-refractivity contribution in [1.29, 1.82) is 0 Å². The maximum atomic E-state index is 12.6. The van der Waals surface area contributed by atoms with Crippen LogP contribution in [0.15, 0.2) is 18.2 Å². The number of hydrogen-bond donors (Lipinski definition) is 1. The number of likely N-dealkylation sites (tertiary alicyclic amines) is 1. The molecule has 0 aromatic heterocycles. The first-order valence-electron chi connectivity index (χ1n) is 6.77. The number of nitrogen functional groups attached to an aromatic ring is 1. The molecule has 5 heteroatoms. The lowest BCUT2D eigenvalue weighted by molar-refractivity contribution is -0.0440. The Morgan fingerprint density at radius 3 is 2.80 bits per heavy atom. The minimum Gasteiger partial charge on any atom is -0.496 e. The van der Waals surface area contributed by atoms with Crippen LogP contribution < -0.4 is 10.5 Å². The topological polar surface area (TPSA) is 64.8 Å². The van der Waals surface area contributed by atoms with Crippen molar-refractivity contribution in [3.63, 3.8) is 0 Å². The molecule has 1 unspecified atom stereocenters. The maximum absolute atomic E-state index is 12.6. The number of hydrogen-bond acceptors (Lipinski definition) is 4. The third-order valence-corrected chi connectivity index (χ3v) is 3.89. The van der Waals surface area contributed by atoms with E-state index < -0.39 is 0 Å². The van der Waals surface area contributed by atoms with Gasteiger partial charge >= 0.3 is 0 Å². The molecule has 0 aliphatic carbocycles. The number of nitrogens with two attached hydrogens (primary N) is 1. The summed E-state index contributed by atoms with van der Waals surface area (Å²) in [6.45, 7) is 3.37. The van der Waals surface area contributed by atoms with E-state index in [2.05, 4.69) is 0 Å². The fourth-order valence-electron chi connectivity index (χ4n) is 2.60. The molecule has 1 amide bonds. The smallest absolute Gasteiger partial charge is 0.257 e. The van der Waals surface area contributed by atoms with Crippen LogP contribution in [0.1, 0.15) is 30.1 Å². The van der Waals surface area contributed by atoms with Crippen molar-refractivity contribution in [3.05, 3.63) is 23.8 Å². The number of methoxy groups -OCH3 is 2. The lowest BCUT2D eigenvalue weighted by atomic mass is 9.94. The summed E-state index contributed by atoms with van der Waals surface area (Å²) >= 11 is 0. The Balaban J connectivity index is 2.23. The average molecular weight is 278 g/mol. The summed E-state index contributed by atoms with van der Waals surface area (Å²) in [4.78, 5) is 14.5. The number of ether oxygens (including phenoxy) is 2. The van der Waals surface area contributed by atoms with E-state index in [0.717, 1.165) is 19.4 Å². The minimum atomic E-state index is -0.269. The molecule has 110 valence electrons. The van der Waals surface area contributed by atoms with Crippen molar-refractivity contribution in [1.82, 2.24) is 4.90 Å². The van der Waals surface area contributed by atoms with Gasteiger partial charge in [-0.3, -0.25) is 4.79 Å². The summed E-state index contributed by atoms with van der Waals surface area (Å²) in [5.41, 5.74) is 6.58. The Bertz CT molecular complexity index is 504. The van der Waals surface area contributed by atoms with Gasteiger partial charge < -0.3 is 20.1 Å². The monoisotopic (exact) mass is 278 g/mol. The summed E-state index contributed by atoms with van der Waals surface area (Å²) in [5, 5.41) is 0. The van der Waals surface area contributed by atoms with E-state index in [-0.39, 0.29) is 11.5 Å². The standard InChI is InChI=1S/C15H22N2O3/c1-15(20-3)7-4-8-17(10-15)14(18)12-6-5-11(16)9-13(12)19-2/h5-6,9H,4,7-8,10,16H2,1-3H3. The number of rotatable bonds is 3. The van der Waals surface area contributed by atoms with Gasteiger partial charge in [0, 0.05) is 32.0 Å². The quantitative estimate of drug-likeness (QED) is 0.858. The number of nitrogens with zero attached hydrogens (tertiary/aromatic N) is 1.